The lowest BCUT2D eigenvalue weighted by Gasteiger charge is -2.04. The summed E-state index contributed by atoms with van der Waals surface area (Å²) in [5.41, 5.74) is 8.03. The Morgan fingerprint density at radius 1 is 1.22 bits per heavy atom. The molecular formula is C14H12FN3. The summed E-state index contributed by atoms with van der Waals surface area (Å²) in [5, 5.41) is 0. The minimum absolute atomic E-state index is 0.270. The molecule has 0 amide bonds. The van der Waals surface area contributed by atoms with Gasteiger partial charge in [0.2, 0.25) is 0 Å². The van der Waals surface area contributed by atoms with E-state index in [2.05, 4.69) is 4.98 Å². The smallest absolute Gasteiger partial charge is 0.147 e. The number of halogens is 1. The molecule has 0 fully saturated rings. The Kier molecular flexibility index (Phi) is 2.57. The van der Waals surface area contributed by atoms with E-state index in [1.165, 1.54) is 6.07 Å². The lowest BCUT2D eigenvalue weighted by Crippen LogP contribution is -1.98. The van der Waals surface area contributed by atoms with E-state index < -0.39 is 0 Å². The van der Waals surface area contributed by atoms with Crippen LogP contribution in [0.5, 0.6) is 0 Å². The van der Waals surface area contributed by atoms with E-state index >= 15 is 0 Å². The Hall–Kier alpha value is -2.20. The molecule has 1 aromatic carbocycles. The van der Waals surface area contributed by atoms with E-state index in [-0.39, 0.29) is 5.82 Å². The molecule has 0 aliphatic heterocycles. The third-order valence-corrected chi connectivity index (χ3v) is 2.95. The quantitative estimate of drug-likeness (QED) is 0.749. The molecule has 0 aliphatic rings. The molecule has 0 spiro atoms. The Labute approximate surface area is 104 Å². The molecule has 3 nitrogen and oxygen atoms in total. The standard InChI is InChI=1S/C14H12FN3/c15-13-4-2-1-3-12(13)14-17-9-11-7-10(8-16)5-6-18(11)14/h1-7,9H,8,16H2. The fraction of sp³-hybridized carbons (Fsp3) is 0.0714. The molecule has 0 unspecified atom stereocenters. The van der Waals surface area contributed by atoms with Gasteiger partial charge in [-0.2, -0.15) is 0 Å². The van der Waals surface area contributed by atoms with E-state index in [0.717, 1.165) is 11.1 Å². The largest absolute Gasteiger partial charge is 0.326 e. The number of nitrogens with two attached hydrogens (primary N) is 1. The van der Waals surface area contributed by atoms with Gasteiger partial charge in [0, 0.05) is 12.7 Å². The van der Waals surface area contributed by atoms with Crippen LogP contribution in [-0.2, 0) is 6.54 Å². The summed E-state index contributed by atoms with van der Waals surface area (Å²) in [5.74, 6) is 0.333. The molecule has 18 heavy (non-hydrogen) atoms. The van der Waals surface area contributed by atoms with E-state index in [0.29, 0.717) is 17.9 Å². The summed E-state index contributed by atoms with van der Waals surface area (Å²) < 4.78 is 15.6. The minimum atomic E-state index is -0.270. The SMILES string of the molecule is NCc1ccn2c(-c3ccccc3F)ncc2c1. The number of nitrogens with zero attached hydrogens (tertiary/aromatic N) is 2. The van der Waals surface area contributed by atoms with Crippen molar-refractivity contribution in [3.05, 3.63) is 60.2 Å². The number of pyridine rings is 1. The van der Waals surface area contributed by atoms with Crippen LogP contribution in [0.15, 0.2) is 48.8 Å². The van der Waals surface area contributed by atoms with E-state index in [9.17, 15) is 4.39 Å². The van der Waals surface area contributed by atoms with Crippen molar-refractivity contribution >= 4 is 5.52 Å². The van der Waals surface area contributed by atoms with Crippen molar-refractivity contribution < 1.29 is 4.39 Å². The van der Waals surface area contributed by atoms with Crippen LogP contribution in [0.1, 0.15) is 5.56 Å². The Morgan fingerprint density at radius 2 is 2.06 bits per heavy atom. The number of rotatable bonds is 2. The highest BCUT2D eigenvalue weighted by molar-refractivity contribution is 5.63. The zero-order valence-electron chi connectivity index (χ0n) is 9.68. The van der Waals surface area contributed by atoms with Crippen molar-refractivity contribution in [1.29, 1.82) is 0 Å². The maximum absolute atomic E-state index is 13.8. The fourth-order valence-electron chi connectivity index (χ4n) is 2.01. The van der Waals surface area contributed by atoms with E-state index in [4.69, 9.17) is 5.73 Å². The number of benzene rings is 1. The van der Waals surface area contributed by atoms with Gasteiger partial charge >= 0.3 is 0 Å². The van der Waals surface area contributed by atoms with E-state index in [1.54, 1.807) is 24.4 Å². The molecule has 0 aliphatic carbocycles. The van der Waals surface area contributed by atoms with Crippen molar-refractivity contribution in [2.45, 2.75) is 6.54 Å². The van der Waals surface area contributed by atoms with Crippen molar-refractivity contribution in [3.8, 4) is 11.4 Å². The number of imidazole rings is 1. The first-order valence-electron chi connectivity index (χ1n) is 5.70. The zero-order chi connectivity index (χ0) is 12.5. The lowest BCUT2D eigenvalue weighted by atomic mass is 10.2. The van der Waals surface area contributed by atoms with Gasteiger partial charge in [0.05, 0.1) is 17.3 Å². The molecule has 3 rings (SSSR count). The normalized spacial score (nSPS) is 11.0. The number of aromatic nitrogens is 2. The summed E-state index contributed by atoms with van der Waals surface area (Å²) in [4.78, 5) is 4.28. The van der Waals surface area contributed by atoms with Gasteiger partial charge in [0.1, 0.15) is 11.6 Å². The maximum Gasteiger partial charge on any atom is 0.147 e. The molecule has 0 saturated heterocycles. The van der Waals surface area contributed by atoms with Gasteiger partial charge in [-0.15, -0.1) is 0 Å². The lowest BCUT2D eigenvalue weighted by molar-refractivity contribution is 0.630. The predicted molar refractivity (Wildman–Crippen MR) is 68.5 cm³/mol. The monoisotopic (exact) mass is 241 g/mol. The Morgan fingerprint density at radius 3 is 2.83 bits per heavy atom. The second-order valence-electron chi connectivity index (χ2n) is 4.10. The average Bonchev–Trinajstić information content (AvgIpc) is 2.82. The van der Waals surface area contributed by atoms with Crippen LogP contribution < -0.4 is 5.73 Å². The van der Waals surface area contributed by atoms with Gasteiger partial charge < -0.3 is 5.73 Å². The number of hydrogen-bond acceptors (Lipinski definition) is 2. The Bertz CT molecular complexity index is 703. The molecule has 2 heterocycles. The van der Waals surface area contributed by atoms with Gasteiger partial charge in [-0.3, -0.25) is 4.40 Å². The average molecular weight is 241 g/mol. The van der Waals surface area contributed by atoms with Crippen LogP contribution in [0.4, 0.5) is 4.39 Å². The van der Waals surface area contributed by atoms with Crippen molar-refractivity contribution in [3.63, 3.8) is 0 Å². The summed E-state index contributed by atoms with van der Waals surface area (Å²) in [6.45, 7) is 0.483. The highest BCUT2D eigenvalue weighted by Crippen LogP contribution is 2.22. The molecule has 0 radical (unpaired) electrons. The summed E-state index contributed by atoms with van der Waals surface area (Å²) in [6.07, 6.45) is 3.59. The van der Waals surface area contributed by atoms with Crippen LogP contribution >= 0.6 is 0 Å². The minimum Gasteiger partial charge on any atom is -0.326 e. The molecule has 3 aromatic rings. The number of hydrogen-bond donors (Lipinski definition) is 1. The van der Waals surface area contributed by atoms with Crippen molar-refractivity contribution in [2.24, 2.45) is 5.73 Å². The van der Waals surface area contributed by atoms with Gasteiger partial charge in [0.25, 0.3) is 0 Å². The first-order chi connectivity index (χ1) is 8.79. The van der Waals surface area contributed by atoms with Crippen LogP contribution in [0, 0.1) is 5.82 Å². The van der Waals surface area contributed by atoms with Crippen molar-refractivity contribution in [2.75, 3.05) is 0 Å². The molecule has 4 heteroatoms. The molecule has 90 valence electrons. The van der Waals surface area contributed by atoms with Crippen LogP contribution in [0.3, 0.4) is 0 Å². The van der Waals surface area contributed by atoms with Crippen LogP contribution in [0.25, 0.3) is 16.9 Å². The molecule has 0 bridgehead atoms. The molecule has 2 N–H and O–H groups in total. The number of fused-ring (bicyclic) bond motifs is 1. The van der Waals surface area contributed by atoms with Gasteiger partial charge in [-0.1, -0.05) is 12.1 Å². The van der Waals surface area contributed by atoms with Crippen LogP contribution in [0.2, 0.25) is 0 Å². The Balaban J connectivity index is 2.22. The fourth-order valence-corrected chi connectivity index (χ4v) is 2.01. The predicted octanol–water partition coefficient (Wildman–Crippen LogP) is 2.60. The van der Waals surface area contributed by atoms with Crippen LogP contribution in [-0.4, -0.2) is 9.38 Å². The summed E-state index contributed by atoms with van der Waals surface area (Å²) >= 11 is 0. The molecule has 0 saturated carbocycles. The maximum atomic E-state index is 13.8. The third kappa shape index (κ3) is 1.67. The highest BCUT2D eigenvalue weighted by Gasteiger charge is 2.10. The summed E-state index contributed by atoms with van der Waals surface area (Å²) in [6, 6.07) is 10.5. The second kappa shape index (κ2) is 4.23. The zero-order valence-corrected chi connectivity index (χ0v) is 9.68. The van der Waals surface area contributed by atoms with E-state index in [1.807, 2.05) is 22.7 Å². The molecule has 2 aromatic heterocycles. The van der Waals surface area contributed by atoms with Gasteiger partial charge in [0.15, 0.2) is 0 Å². The van der Waals surface area contributed by atoms with Crippen molar-refractivity contribution in [1.82, 2.24) is 9.38 Å². The molecular weight excluding hydrogens is 229 g/mol. The first-order valence-corrected chi connectivity index (χ1v) is 5.70. The summed E-state index contributed by atoms with van der Waals surface area (Å²) in [7, 11) is 0. The third-order valence-electron chi connectivity index (χ3n) is 2.95. The topological polar surface area (TPSA) is 43.3 Å². The first kappa shape index (κ1) is 10.9. The van der Waals surface area contributed by atoms with Gasteiger partial charge in [-0.25, -0.2) is 9.37 Å². The molecule has 0 atom stereocenters. The second-order valence-corrected chi connectivity index (χ2v) is 4.10. The van der Waals surface area contributed by atoms with Gasteiger partial charge in [-0.05, 0) is 29.8 Å². The highest BCUT2D eigenvalue weighted by atomic mass is 19.1.